The van der Waals surface area contributed by atoms with E-state index in [1.54, 1.807) is 46.8 Å². The summed E-state index contributed by atoms with van der Waals surface area (Å²) < 4.78 is 11.9. The van der Waals surface area contributed by atoms with Crippen LogP contribution in [0.2, 0.25) is 0 Å². The number of nitrogens with two attached hydrogens (primary N) is 2. The minimum absolute atomic E-state index is 0.0140. The van der Waals surface area contributed by atoms with E-state index in [-0.39, 0.29) is 102 Å². The number of carbonyl (C=O) groups excluding carboxylic acids is 10. The first-order chi connectivity index (χ1) is 40.4. The number of ether oxygens (including phenoxy) is 2. The van der Waals surface area contributed by atoms with E-state index in [0.29, 0.717) is 50.5 Å². The van der Waals surface area contributed by atoms with Crippen LogP contribution >= 0.6 is 0 Å². The SMILES string of the molecule is C=CC(=CC)CC1OC(=O)C(C(C)C)CNC(=O)C(CCCN)NC(=O)CC(CC(C)C)NC(=O)C2CCCN2C(=O)C(Cc2ccccc2)NC(=O)C(C(C)C)CNC(=O)C(CCCN)OC(=O)CC(CC(C)C)NC(=O)C2CCCN2C1=O. The van der Waals surface area contributed by atoms with Crippen LogP contribution in [0, 0.1) is 35.5 Å². The van der Waals surface area contributed by atoms with Gasteiger partial charge in [-0.25, -0.2) is 0 Å². The van der Waals surface area contributed by atoms with Gasteiger partial charge in [-0.1, -0.05) is 104 Å². The van der Waals surface area contributed by atoms with E-state index < -0.39 is 125 Å². The van der Waals surface area contributed by atoms with Crippen LogP contribution in [-0.2, 0) is 63.8 Å². The van der Waals surface area contributed by atoms with Gasteiger partial charge >= 0.3 is 11.9 Å². The lowest BCUT2D eigenvalue weighted by Crippen LogP contribution is -2.57. The minimum atomic E-state index is -1.39. The molecule has 0 aromatic heterocycles. The molecule has 22 nitrogen and oxygen atoms in total. The van der Waals surface area contributed by atoms with Crippen molar-refractivity contribution < 1.29 is 57.4 Å². The Labute approximate surface area is 503 Å². The van der Waals surface area contributed by atoms with Crippen molar-refractivity contribution in [2.45, 2.75) is 201 Å². The van der Waals surface area contributed by atoms with Gasteiger partial charge in [0.15, 0.2) is 12.2 Å². The van der Waals surface area contributed by atoms with Gasteiger partial charge in [0.1, 0.15) is 24.2 Å². The molecule has 8 amide bonds. The standard InChI is InChI=1S/C63H100N10O12/c1-11-42(12-2)33-53-62(82)73-29-19-24-51(73)59(79)69-45(31-39(5)6)35-55(75)84-52(25-17-27-65)60(80)67-36-46(40(7)8)56(76)71-49(32-43-20-14-13-15-21-43)61(81)72-28-18-23-50(72)58(78)68-44(30-38(3)4)34-54(74)70-48(22-16-26-64)57(77)66-37-47(41(9)10)63(83)85-53/h11-15,20-21,38-41,44-53H,1,16-19,22-37,64-65H2,2-10H3,(H,66,77)(H,67,80)(H,68,78)(H,69,79)(H,70,74)(H,71,76). The normalized spacial score (nSPS) is 26.8. The van der Waals surface area contributed by atoms with Gasteiger partial charge in [-0.05, 0) is 119 Å². The molecule has 3 heterocycles. The molecule has 0 aliphatic carbocycles. The topological polar surface area (TPSA) is 320 Å². The summed E-state index contributed by atoms with van der Waals surface area (Å²) in [6.07, 6.45) is 3.24. The van der Waals surface area contributed by atoms with Gasteiger partial charge in [-0.15, -0.1) is 0 Å². The Kier molecular flexibility index (Phi) is 29.7. The van der Waals surface area contributed by atoms with Crippen LogP contribution in [0.4, 0.5) is 0 Å². The van der Waals surface area contributed by atoms with E-state index in [9.17, 15) is 47.9 Å². The Balaban J connectivity index is 1.76. The molecule has 3 aliphatic heterocycles. The van der Waals surface area contributed by atoms with Crippen LogP contribution in [0.5, 0.6) is 0 Å². The third-order valence-electron chi connectivity index (χ3n) is 16.0. The van der Waals surface area contributed by atoms with Crippen molar-refractivity contribution in [2.75, 3.05) is 39.3 Å². The summed E-state index contributed by atoms with van der Waals surface area (Å²) in [6.45, 7) is 20.9. The Hall–Kier alpha value is -6.68. The van der Waals surface area contributed by atoms with Gasteiger partial charge in [0.05, 0.1) is 18.3 Å². The minimum Gasteiger partial charge on any atom is -0.452 e. The summed E-state index contributed by atoms with van der Waals surface area (Å²) in [7, 11) is 0. The van der Waals surface area contributed by atoms with Crippen LogP contribution in [0.25, 0.3) is 0 Å². The van der Waals surface area contributed by atoms with Crippen LogP contribution in [-0.4, -0.2) is 157 Å². The van der Waals surface area contributed by atoms with Crippen molar-refractivity contribution in [2.24, 2.45) is 47.0 Å². The second kappa shape index (κ2) is 35.7. The highest BCUT2D eigenvalue weighted by Crippen LogP contribution is 2.26. The van der Waals surface area contributed by atoms with Gasteiger partial charge in [0.2, 0.25) is 35.4 Å². The fourth-order valence-electron chi connectivity index (χ4n) is 11.3. The summed E-state index contributed by atoms with van der Waals surface area (Å²) in [6, 6.07) is 3.51. The maximum absolute atomic E-state index is 14.8. The molecule has 0 radical (unpaired) electrons. The number of nitrogens with one attached hydrogen (secondary N) is 6. The zero-order chi connectivity index (χ0) is 62.9. The molecular formula is C63H100N10O12. The molecule has 3 fully saturated rings. The van der Waals surface area contributed by atoms with Crippen molar-refractivity contribution >= 4 is 59.2 Å². The second-order valence-corrected chi connectivity index (χ2v) is 24.6. The molecule has 22 heteroatoms. The molecular weight excluding hydrogens is 1090 g/mol. The van der Waals surface area contributed by atoms with E-state index in [1.165, 1.54) is 9.80 Å². The Morgan fingerprint density at radius 3 is 1.71 bits per heavy atom. The number of fused-ring (bicyclic) bond motifs is 2. The monoisotopic (exact) mass is 1190 g/mol. The fraction of sp³-hybridized carbons (Fsp3) is 0.683. The third kappa shape index (κ3) is 22.6. The van der Waals surface area contributed by atoms with Crippen LogP contribution in [0.1, 0.15) is 151 Å². The summed E-state index contributed by atoms with van der Waals surface area (Å²) in [5, 5.41) is 17.5. The number of allylic oxidation sites excluding steroid dienone is 2. The lowest BCUT2D eigenvalue weighted by Gasteiger charge is -2.32. The van der Waals surface area contributed by atoms with Gasteiger partial charge in [-0.2, -0.15) is 0 Å². The zero-order valence-corrected chi connectivity index (χ0v) is 51.9. The first-order valence-electron chi connectivity index (χ1n) is 30.9. The lowest BCUT2D eigenvalue weighted by molar-refractivity contribution is -0.165. The first kappa shape index (κ1) is 70.8. The average molecular weight is 1190 g/mol. The zero-order valence-electron chi connectivity index (χ0n) is 51.9. The van der Waals surface area contributed by atoms with Gasteiger partial charge in [-0.3, -0.25) is 47.9 Å². The molecule has 0 bridgehead atoms. The summed E-state index contributed by atoms with van der Waals surface area (Å²) in [4.78, 5) is 146. The highest BCUT2D eigenvalue weighted by Gasteiger charge is 2.43. The predicted octanol–water partition coefficient (Wildman–Crippen LogP) is 3.64. The average Bonchev–Trinajstić information content (AvgIpc) is 4.40. The van der Waals surface area contributed by atoms with Crippen molar-refractivity contribution in [1.82, 2.24) is 41.7 Å². The van der Waals surface area contributed by atoms with Gasteiger partial charge < -0.3 is 62.6 Å². The molecule has 10 atom stereocenters. The van der Waals surface area contributed by atoms with E-state index >= 15 is 0 Å². The van der Waals surface area contributed by atoms with Crippen LogP contribution in [0.15, 0.2) is 54.6 Å². The van der Waals surface area contributed by atoms with Crippen LogP contribution < -0.4 is 43.4 Å². The molecule has 1 aromatic carbocycles. The highest BCUT2D eigenvalue weighted by molar-refractivity contribution is 5.95. The number of esters is 2. The summed E-state index contributed by atoms with van der Waals surface area (Å²) in [5.74, 6) is -8.53. The van der Waals surface area contributed by atoms with Crippen LogP contribution in [0.3, 0.4) is 0 Å². The smallest absolute Gasteiger partial charge is 0.311 e. The molecule has 1 aromatic rings. The highest BCUT2D eigenvalue weighted by atomic mass is 16.6. The number of rotatable bonds is 17. The van der Waals surface area contributed by atoms with Gasteiger partial charge in [0.25, 0.3) is 11.8 Å². The largest absolute Gasteiger partial charge is 0.452 e. The molecule has 4 rings (SSSR count). The van der Waals surface area contributed by atoms with Crippen molar-refractivity contribution in [3.05, 3.63) is 60.2 Å². The Bertz CT molecular complexity index is 2450. The Morgan fingerprint density at radius 1 is 0.624 bits per heavy atom. The van der Waals surface area contributed by atoms with Crippen molar-refractivity contribution in [3.8, 4) is 0 Å². The molecule has 3 aliphatic rings. The lowest BCUT2D eigenvalue weighted by atomic mass is 9.93. The maximum atomic E-state index is 14.8. The number of nitrogens with zero attached hydrogens (tertiary/aromatic N) is 2. The van der Waals surface area contributed by atoms with Gasteiger partial charge in [0, 0.05) is 57.5 Å². The fourth-order valence-corrected chi connectivity index (χ4v) is 11.3. The molecule has 0 spiro atoms. The van der Waals surface area contributed by atoms with E-state index in [2.05, 4.69) is 38.5 Å². The van der Waals surface area contributed by atoms with E-state index in [0.717, 1.165) is 5.56 Å². The third-order valence-corrected chi connectivity index (χ3v) is 16.0. The number of benzene rings is 1. The molecule has 474 valence electrons. The number of cyclic esters (lactones) is 2. The number of hydrogen-bond acceptors (Lipinski definition) is 14. The number of carbonyl (C=O) groups is 10. The molecule has 85 heavy (non-hydrogen) atoms. The Morgan fingerprint density at radius 2 is 1.16 bits per heavy atom. The second-order valence-electron chi connectivity index (χ2n) is 24.6. The maximum Gasteiger partial charge on any atom is 0.311 e. The quantitative estimate of drug-likeness (QED) is 0.0816. The van der Waals surface area contributed by atoms with Crippen molar-refractivity contribution in [3.63, 3.8) is 0 Å². The number of amides is 8. The molecule has 10 unspecified atom stereocenters. The molecule has 0 saturated carbocycles. The van der Waals surface area contributed by atoms with E-state index in [1.807, 2.05) is 58.0 Å². The molecule has 3 saturated heterocycles. The summed E-state index contributed by atoms with van der Waals surface area (Å²) in [5.41, 5.74) is 13.1. The number of hydrogen-bond donors (Lipinski definition) is 8. The molecule has 10 N–H and O–H groups in total. The van der Waals surface area contributed by atoms with E-state index in [4.69, 9.17) is 20.9 Å². The van der Waals surface area contributed by atoms with Crippen molar-refractivity contribution in [1.29, 1.82) is 0 Å². The summed E-state index contributed by atoms with van der Waals surface area (Å²) >= 11 is 0. The first-order valence-corrected chi connectivity index (χ1v) is 30.9. The predicted molar refractivity (Wildman–Crippen MR) is 323 cm³/mol.